The molecule has 0 aliphatic carbocycles. The van der Waals surface area contributed by atoms with E-state index in [1.165, 1.54) is 64.2 Å². The molecule has 2 atom stereocenters. The van der Waals surface area contributed by atoms with E-state index in [2.05, 4.69) is 86.8 Å². The average molecular weight is 891 g/mol. The summed E-state index contributed by atoms with van der Waals surface area (Å²) >= 11 is 0. The van der Waals surface area contributed by atoms with Gasteiger partial charge in [-0.25, -0.2) is 4.57 Å². The van der Waals surface area contributed by atoms with Gasteiger partial charge in [0.05, 0.1) is 27.7 Å². The molecular weight excluding hydrogens is 798 g/mol. The van der Waals surface area contributed by atoms with E-state index < -0.39 is 26.5 Å². The van der Waals surface area contributed by atoms with Gasteiger partial charge in [-0.05, 0) is 64.2 Å². The van der Waals surface area contributed by atoms with Gasteiger partial charge in [0.1, 0.15) is 19.8 Å². The number of carbonyl (C=O) groups excluding carboxylic acids is 2. The molecule has 0 saturated heterocycles. The number of quaternary nitrogens is 1. The van der Waals surface area contributed by atoms with Crippen molar-refractivity contribution in [2.24, 2.45) is 0 Å². The third-order valence-electron chi connectivity index (χ3n) is 10.3. The Morgan fingerprint density at radius 2 is 0.919 bits per heavy atom. The Hall–Kier alpha value is -2.55. The second kappa shape index (κ2) is 43.7. The molecule has 0 aromatic carbocycles. The molecule has 0 saturated carbocycles. The van der Waals surface area contributed by atoms with Gasteiger partial charge in [-0.3, -0.25) is 18.6 Å². The zero-order chi connectivity index (χ0) is 45.7. The van der Waals surface area contributed by atoms with E-state index in [-0.39, 0.29) is 32.0 Å². The summed E-state index contributed by atoms with van der Waals surface area (Å²) in [7, 11) is 1.46. The first-order valence-electron chi connectivity index (χ1n) is 24.7. The molecule has 9 nitrogen and oxygen atoms in total. The maximum Gasteiger partial charge on any atom is 0.472 e. The van der Waals surface area contributed by atoms with Crippen molar-refractivity contribution in [2.45, 2.75) is 200 Å². The van der Waals surface area contributed by atoms with Crippen LogP contribution in [0.4, 0.5) is 0 Å². The largest absolute Gasteiger partial charge is 0.472 e. The van der Waals surface area contributed by atoms with E-state index in [9.17, 15) is 19.0 Å². The van der Waals surface area contributed by atoms with Crippen LogP contribution in [0.5, 0.6) is 0 Å². The van der Waals surface area contributed by atoms with Crippen molar-refractivity contribution in [1.29, 1.82) is 0 Å². The Morgan fingerprint density at radius 3 is 1.37 bits per heavy atom. The summed E-state index contributed by atoms with van der Waals surface area (Å²) in [6.45, 7) is 4.29. The van der Waals surface area contributed by atoms with E-state index in [0.717, 1.165) is 96.3 Å². The van der Waals surface area contributed by atoms with Gasteiger partial charge in [0.15, 0.2) is 6.10 Å². The molecule has 0 aliphatic heterocycles. The average Bonchev–Trinajstić information content (AvgIpc) is 3.23. The molecule has 10 heteroatoms. The highest BCUT2D eigenvalue weighted by Gasteiger charge is 2.27. The molecule has 0 radical (unpaired) electrons. The van der Waals surface area contributed by atoms with Crippen molar-refractivity contribution in [2.75, 3.05) is 47.5 Å². The number of ether oxygens (including phenoxy) is 2. The fourth-order valence-corrected chi connectivity index (χ4v) is 7.17. The van der Waals surface area contributed by atoms with Crippen molar-refractivity contribution >= 4 is 19.8 Å². The Labute approximate surface area is 380 Å². The van der Waals surface area contributed by atoms with Crippen LogP contribution in [0.3, 0.4) is 0 Å². The van der Waals surface area contributed by atoms with Gasteiger partial charge < -0.3 is 18.9 Å². The number of phosphoric acid groups is 1. The highest BCUT2D eigenvalue weighted by atomic mass is 31.2. The lowest BCUT2D eigenvalue weighted by Gasteiger charge is -2.24. The quantitative estimate of drug-likeness (QED) is 0.0212. The van der Waals surface area contributed by atoms with Gasteiger partial charge in [-0.2, -0.15) is 0 Å². The van der Waals surface area contributed by atoms with Crippen molar-refractivity contribution in [3.8, 4) is 0 Å². The third-order valence-corrected chi connectivity index (χ3v) is 11.2. The molecule has 0 spiro atoms. The highest BCUT2D eigenvalue weighted by Crippen LogP contribution is 2.43. The summed E-state index contributed by atoms with van der Waals surface area (Å²) < 4.78 is 34.4. The second-order valence-corrected chi connectivity index (χ2v) is 18.9. The normalized spacial score (nSPS) is 14.1. The summed E-state index contributed by atoms with van der Waals surface area (Å²) in [5.41, 5.74) is 0. The highest BCUT2D eigenvalue weighted by molar-refractivity contribution is 7.47. The van der Waals surface area contributed by atoms with Gasteiger partial charge in [0.2, 0.25) is 0 Å². The van der Waals surface area contributed by atoms with E-state index >= 15 is 0 Å². The minimum Gasteiger partial charge on any atom is -0.462 e. The van der Waals surface area contributed by atoms with Crippen LogP contribution in [0.25, 0.3) is 0 Å². The lowest BCUT2D eigenvalue weighted by molar-refractivity contribution is -0.870. The first-order chi connectivity index (χ1) is 30.0. The summed E-state index contributed by atoms with van der Waals surface area (Å²) in [6, 6.07) is 0. The first-order valence-corrected chi connectivity index (χ1v) is 26.2. The molecule has 0 fully saturated rings. The number of likely N-dealkylation sites (N-methyl/N-ethyl adjacent to an activating group) is 1. The number of hydrogen-bond donors (Lipinski definition) is 1. The topological polar surface area (TPSA) is 108 Å². The molecule has 0 aromatic heterocycles. The molecule has 0 rings (SSSR count). The number of unbranched alkanes of at least 4 members (excludes halogenated alkanes) is 18. The smallest absolute Gasteiger partial charge is 0.462 e. The molecule has 2 unspecified atom stereocenters. The zero-order valence-electron chi connectivity index (χ0n) is 40.3. The predicted molar refractivity (Wildman–Crippen MR) is 261 cm³/mol. The molecule has 0 aromatic rings. The second-order valence-electron chi connectivity index (χ2n) is 17.5. The Balaban J connectivity index is 4.30. The Kier molecular flexibility index (Phi) is 41.9. The monoisotopic (exact) mass is 891 g/mol. The number of esters is 2. The number of rotatable bonds is 44. The van der Waals surface area contributed by atoms with Crippen LogP contribution in [0.2, 0.25) is 0 Å². The predicted octanol–water partition coefficient (Wildman–Crippen LogP) is 14.6. The summed E-state index contributed by atoms with van der Waals surface area (Å²) in [6.07, 6.45) is 55.2. The van der Waals surface area contributed by atoms with E-state index in [1.807, 2.05) is 21.1 Å². The van der Waals surface area contributed by atoms with Crippen LogP contribution in [0.15, 0.2) is 72.9 Å². The van der Waals surface area contributed by atoms with Crippen LogP contribution < -0.4 is 0 Å². The standard InChI is InChI=1S/C52H92NO8P/c1-6-8-10-12-14-16-18-20-21-22-23-24-25-26-27-28-29-30-31-33-35-37-39-41-43-45-52(55)61-50(49-60-62(56,57)59-47-46-53(3,4)5)48-58-51(54)44-42-40-38-36-34-32-19-17-15-13-11-9-7-2/h8,10,14,16,20-21,23-24,26-27,29-30,50H,6-7,9,11-13,15,17-19,22,25,28,31-49H2,1-5H3/p+1/b10-8-,16-14-,21-20-,24-23-,27-26-,30-29-. The van der Waals surface area contributed by atoms with Gasteiger partial charge in [0, 0.05) is 12.8 Å². The lowest BCUT2D eigenvalue weighted by Crippen LogP contribution is -2.37. The number of phosphoric ester groups is 1. The molecular formula is C52H93NO8P+. The van der Waals surface area contributed by atoms with Crippen molar-refractivity contribution in [3.05, 3.63) is 72.9 Å². The number of nitrogens with zero attached hydrogens (tertiary/aromatic N) is 1. The van der Waals surface area contributed by atoms with Gasteiger partial charge in [0.25, 0.3) is 0 Å². The molecule has 0 bridgehead atoms. The Bertz CT molecular complexity index is 1280. The fourth-order valence-electron chi connectivity index (χ4n) is 6.43. The van der Waals surface area contributed by atoms with E-state index in [0.29, 0.717) is 17.4 Å². The van der Waals surface area contributed by atoms with Crippen LogP contribution >= 0.6 is 7.82 Å². The minimum atomic E-state index is -4.38. The van der Waals surface area contributed by atoms with E-state index in [4.69, 9.17) is 18.5 Å². The Morgan fingerprint density at radius 1 is 0.516 bits per heavy atom. The van der Waals surface area contributed by atoms with Gasteiger partial charge in [-0.1, -0.05) is 189 Å². The lowest BCUT2D eigenvalue weighted by atomic mass is 10.0. The number of carbonyl (C=O) groups is 2. The number of hydrogen-bond acceptors (Lipinski definition) is 7. The molecule has 0 aliphatic rings. The van der Waals surface area contributed by atoms with Crippen molar-refractivity contribution < 1.29 is 42.1 Å². The summed E-state index contributed by atoms with van der Waals surface area (Å²) in [5, 5.41) is 0. The third kappa shape index (κ3) is 46.9. The van der Waals surface area contributed by atoms with Crippen molar-refractivity contribution in [1.82, 2.24) is 0 Å². The maximum absolute atomic E-state index is 12.7. The van der Waals surface area contributed by atoms with Crippen molar-refractivity contribution in [3.63, 3.8) is 0 Å². The van der Waals surface area contributed by atoms with Crippen LogP contribution in [-0.2, 0) is 32.7 Å². The van der Waals surface area contributed by atoms with E-state index in [1.54, 1.807) is 0 Å². The fraction of sp³-hybridized carbons (Fsp3) is 0.731. The van der Waals surface area contributed by atoms with Crippen LogP contribution in [0.1, 0.15) is 194 Å². The maximum atomic E-state index is 12.7. The molecule has 1 N–H and O–H groups in total. The number of allylic oxidation sites excluding steroid dienone is 12. The summed E-state index contributed by atoms with van der Waals surface area (Å²) in [5.74, 6) is -0.816. The SMILES string of the molecule is CC/C=C\C/C=C\C/C=C\C/C=C\C/C=C\C/C=C\CCCCCCCCC(=O)OC(COC(=O)CCCCCCCCCCCCCCC)COP(=O)(O)OCC[N+](C)(C)C. The van der Waals surface area contributed by atoms with Gasteiger partial charge in [-0.15, -0.1) is 0 Å². The first kappa shape index (κ1) is 59.5. The zero-order valence-corrected chi connectivity index (χ0v) is 41.2. The van der Waals surface area contributed by atoms with Gasteiger partial charge >= 0.3 is 19.8 Å². The molecule has 0 heterocycles. The van der Waals surface area contributed by atoms with Crippen LogP contribution in [-0.4, -0.2) is 74.9 Å². The molecule has 0 amide bonds. The molecule has 358 valence electrons. The summed E-state index contributed by atoms with van der Waals surface area (Å²) in [4.78, 5) is 35.5. The molecule has 62 heavy (non-hydrogen) atoms. The van der Waals surface area contributed by atoms with Crippen LogP contribution in [0, 0.1) is 0 Å². The minimum absolute atomic E-state index is 0.0261.